The minimum Gasteiger partial charge on any atom is -0.350 e. The van der Waals surface area contributed by atoms with Crippen LogP contribution >= 0.6 is 0 Å². The number of carbonyl (C=O) groups excluding carboxylic acids is 1. The molecule has 4 nitrogen and oxygen atoms in total. The fourth-order valence-electron chi connectivity index (χ4n) is 1.29. The fraction of sp³-hybridized carbons (Fsp3) is 0.333. The van der Waals surface area contributed by atoms with Gasteiger partial charge in [0.15, 0.2) is 0 Å². The topological polar surface area (TPSA) is 67.5 Å². The molecule has 0 bridgehead atoms. The van der Waals surface area contributed by atoms with Crippen molar-refractivity contribution in [2.24, 2.45) is 10.8 Å². The predicted molar refractivity (Wildman–Crippen MR) is 65.3 cm³/mol. The molecule has 0 radical (unpaired) electrons. The van der Waals surface area contributed by atoms with Crippen LogP contribution in [0.25, 0.3) is 0 Å². The summed E-state index contributed by atoms with van der Waals surface area (Å²) in [5.41, 5.74) is 10.5. The molecule has 1 rings (SSSR count). The lowest BCUT2D eigenvalue weighted by molar-refractivity contribution is 0.249. The third kappa shape index (κ3) is 4.59. The van der Waals surface area contributed by atoms with Crippen molar-refractivity contribution in [3.63, 3.8) is 0 Å². The Kier molecular flexibility index (Phi) is 4.51. The Hall–Kier alpha value is -1.84. The zero-order chi connectivity index (χ0) is 12.0. The minimum atomic E-state index is -0.630. The maximum absolute atomic E-state index is 10.4. The van der Waals surface area contributed by atoms with Gasteiger partial charge in [-0.3, -0.25) is 0 Å². The van der Waals surface area contributed by atoms with Crippen molar-refractivity contribution >= 4 is 11.7 Å². The second kappa shape index (κ2) is 5.90. The van der Waals surface area contributed by atoms with Crippen molar-refractivity contribution in [2.45, 2.75) is 26.7 Å². The molecule has 0 heterocycles. The van der Waals surface area contributed by atoms with Gasteiger partial charge in [0.25, 0.3) is 0 Å². The van der Waals surface area contributed by atoms with Gasteiger partial charge in [0.05, 0.1) is 0 Å². The van der Waals surface area contributed by atoms with Crippen LogP contribution in [0.15, 0.2) is 29.4 Å². The van der Waals surface area contributed by atoms with E-state index in [4.69, 9.17) is 5.73 Å². The van der Waals surface area contributed by atoms with E-state index < -0.39 is 6.03 Å². The summed E-state index contributed by atoms with van der Waals surface area (Å²) in [6, 6.07) is 7.75. The first-order valence-corrected chi connectivity index (χ1v) is 5.22. The minimum absolute atomic E-state index is 0.630. The van der Waals surface area contributed by atoms with E-state index in [0.29, 0.717) is 0 Å². The number of amides is 2. The molecule has 0 atom stereocenters. The van der Waals surface area contributed by atoms with Gasteiger partial charge in [0, 0.05) is 5.71 Å². The van der Waals surface area contributed by atoms with Crippen LogP contribution in [0.5, 0.6) is 0 Å². The second-order valence-electron chi connectivity index (χ2n) is 3.81. The zero-order valence-electron chi connectivity index (χ0n) is 9.66. The average Bonchev–Trinajstić information content (AvgIpc) is 2.25. The van der Waals surface area contributed by atoms with Gasteiger partial charge < -0.3 is 5.73 Å². The van der Waals surface area contributed by atoms with Crippen molar-refractivity contribution < 1.29 is 4.79 Å². The lowest BCUT2D eigenvalue weighted by Crippen LogP contribution is -2.25. The van der Waals surface area contributed by atoms with Gasteiger partial charge in [0.1, 0.15) is 0 Å². The van der Waals surface area contributed by atoms with Gasteiger partial charge in [-0.15, -0.1) is 0 Å². The molecule has 2 amide bonds. The quantitative estimate of drug-likeness (QED) is 0.590. The summed E-state index contributed by atoms with van der Waals surface area (Å²) in [5.74, 6) is 0. The van der Waals surface area contributed by atoms with E-state index in [1.165, 1.54) is 11.1 Å². The van der Waals surface area contributed by atoms with Crippen LogP contribution in [0.3, 0.4) is 0 Å². The Morgan fingerprint density at radius 1 is 1.38 bits per heavy atom. The molecule has 0 saturated heterocycles. The van der Waals surface area contributed by atoms with Crippen molar-refractivity contribution in [1.82, 2.24) is 5.43 Å². The van der Waals surface area contributed by atoms with Crippen LogP contribution in [-0.4, -0.2) is 11.7 Å². The Morgan fingerprint density at radius 2 is 2.00 bits per heavy atom. The number of benzene rings is 1. The molecule has 3 N–H and O–H groups in total. The molecule has 86 valence electrons. The highest BCUT2D eigenvalue weighted by atomic mass is 16.2. The average molecular weight is 219 g/mol. The Morgan fingerprint density at radius 3 is 2.56 bits per heavy atom. The van der Waals surface area contributed by atoms with Crippen molar-refractivity contribution in [3.05, 3.63) is 35.4 Å². The number of aryl methyl sites for hydroxylation is 2. The maximum Gasteiger partial charge on any atom is 0.332 e. The second-order valence-corrected chi connectivity index (χ2v) is 3.81. The van der Waals surface area contributed by atoms with Crippen LogP contribution in [0.1, 0.15) is 24.5 Å². The van der Waals surface area contributed by atoms with Crippen LogP contribution in [0.2, 0.25) is 0 Å². The Labute approximate surface area is 95.5 Å². The molecule has 0 aliphatic heterocycles. The lowest BCUT2D eigenvalue weighted by Gasteiger charge is -2.02. The number of hydrazone groups is 1. The molecule has 0 unspecified atom stereocenters. The van der Waals surface area contributed by atoms with Crippen LogP contribution in [0, 0.1) is 6.92 Å². The molecule has 0 aliphatic rings. The van der Waals surface area contributed by atoms with Crippen molar-refractivity contribution in [1.29, 1.82) is 0 Å². The van der Waals surface area contributed by atoms with E-state index in [1.54, 1.807) is 0 Å². The predicted octanol–water partition coefficient (Wildman–Crippen LogP) is 1.97. The molecule has 0 aromatic heterocycles. The number of nitrogens with zero attached hydrogens (tertiary/aromatic N) is 1. The van der Waals surface area contributed by atoms with E-state index in [0.717, 1.165) is 18.6 Å². The molecule has 0 aliphatic carbocycles. The molecule has 1 aromatic rings. The van der Waals surface area contributed by atoms with E-state index in [2.05, 4.69) is 41.7 Å². The van der Waals surface area contributed by atoms with E-state index in [9.17, 15) is 4.79 Å². The normalized spacial score (nSPS) is 11.2. The highest BCUT2D eigenvalue weighted by Crippen LogP contribution is 2.06. The van der Waals surface area contributed by atoms with Crippen molar-refractivity contribution in [3.8, 4) is 0 Å². The number of carbonyl (C=O) groups is 1. The number of hydrogen-bond donors (Lipinski definition) is 2. The van der Waals surface area contributed by atoms with Gasteiger partial charge in [-0.1, -0.05) is 29.8 Å². The Bertz CT molecular complexity index is 382. The number of hydrogen-bond acceptors (Lipinski definition) is 2. The van der Waals surface area contributed by atoms with Crippen LogP contribution in [-0.2, 0) is 6.42 Å². The summed E-state index contributed by atoms with van der Waals surface area (Å²) in [4.78, 5) is 10.4. The molecule has 16 heavy (non-hydrogen) atoms. The van der Waals surface area contributed by atoms with Crippen molar-refractivity contribution in [2.75, 3.05) is 0 Å². The molecule has 0 spiro atoms. The summed E-state index contributed by atoms with van der Waals surface area (Å²) in [5, 5.41) is 3.85. The maximum atomic E-state index is 10.4. The molecule has 1 aromatic carbocycles. The zero-order valence-corrected chi connectivity index (χ0v) is 9.66. The summed E-state index contributed by atoms with van der Waals surface area (Å²) in [6.07, 6.45) is 1.72. The summed E-state index contributed by atoms with van der Waals surface area (Å²) in [6.45, 7) is 3.93. The number of nitrogens with two attached hydrogens (primary N) is 1. The van der Waals surface area contributed by atoms with Gasteiger partial charge in [-0.25, -0.2) is 10.2 Å². The van der Waals surface area contributed by atoms with Crippen LogP contribution in [0.4, 0.5) is 4.79 Å². The number of primary amides is 1. The molecule has 4 heteroatoms. The Balaban J connectivity index is 2.42. The highest BCUT2D eigenvalue weighted by molar-refractivity contribution is 5.83. The summed E-state index contributed by atoms with van der Waals surface area (Å²) < 4.78 is 0. The van der Waals surface area contributed by atoms with E-state index in [1.807, 2.05) is 6.92 Å². The lowest BCUT2D eigenvalue weighted by atomic mass is 10.1. The SMILES string of the molecule is C/C(CCc1ccc(C)cc1)=N\NC(N)=O. The van der Waals surface area contributed by atoms with Gasteiger partial charge in [-0.05, 0) is 32.3 Å². The smallest absolute Gasteiger partial charge is 0.332 e. The van der Waals surface area contributed by atoms with Gasteiger partial charge >= 0.3 is 6.03 Å². The highest BCUT2D eigenvalue weighted by Gasteiger charge is 1.96. The first kappa shape index (κ1) is 12.2. The first-order valence-electron chi connectivity index (χ1n) is 5.22. The van der Waals surface area contributed by atoms with Gasteiger partial charge in [0.2, 0.25) is 0 Å². The molecule has 0 saturated carbocycles. The summed E-state index contributed by atoms with van der Waals surface area (Å²) >= 11 is 0. The number of urea groups is 1. The fourth-order valence-corrected chi connectivity index (χ4v) is 1.29. The monoisotopic (exact) mass is 219 g/mol. The third-order valence-corrected chi connectivity index (χ3v) is 2.25. The molecule has 0 fully saturated rings. The van der Waals surface area contributed by atoms with E-state index in [-0.39, 0.29) is 0 Å². The number of nitrogens with one attached hydrogen (secondary N) is 1. The largest absolute Gasteiger partial charge is 0.350 e. The molecular weight excluding hydrogens is 202 g/mol. The standard InChI is InChI=1S/C12H17N3O/c1-9-3-6-11(7-4-9)8-5-10(2)14-15-12(13)16/h3-4,6-7H,5,8H2,1-2H3,(H3,13,15,16)/b14-10+. The van der Waals surface area contributed by atoms with Crippen LogP contribution < -0.4 is 11.2 Å². The van der Waals surface area contributed by atoms with E-state index >= 15 is 0 Å². The number of rotatable bonds is 4. The summed E-state index contributed by atoms with van der Waals surface area (Å²) in [7, 11) is 0. The van der Waals surface area contributed by atoms with Gasteiger partial charge in [-0.2, -0.15) is 5.10 Å². The first-order chi connectivity index (χ1) is 7.58. The third-order valence-electron chi connectivity index (χ3n) is 2.25. The molecular formula is C12H17N3O.